The Balaban J connectivity index is 1.82. The zero-order valence-corrected chi connectivity index (χ0v) is 72.1. The van der Waals surface area contributed by atoms with Crippen molar-refractivity contribution in [1.82, 2.24) is 92.5 Å². The molecule has 3 rings (SSSR count). The Hall–Kier alpha value is -12.9. The molecule has 0 unspecified atom stereocenters. The number of carbonyl (C=O) groups is 17. The molecule has 0 spiro atoms. The summed E-state index contributed by atoms with van der Waals surface area (Å²) in [6.45, 7) is 9.61. The summed E-state index contributed by atoms with van der Waals surface area (Å²) in [4.78, 5) is 248. The molecule has 0 saturated heterocycles. The van der Waals surface area contributed by atoms with Crippen LogP contribution in [0.3, 0.4) is 0 Å². The molecule has 42 nitrogen and oxygen atoms in total. The number of aromatic amines is 1. The van der Waals surface area contributed by atoms with Crippen molar-refractivity contribution in [1.29, 1.82) is 5.41 Å². The number of amides is 16. The Morgan fingerprint density at radius 3 is 1.63 bits per heavy atom. The van der Waals surface area contributed by atoms with E-state index < -0.39 is 226 Å². The number of aliphatic hydroxyl groups excluding tert-OH is 1. The number of primary amides is 1. The standard InChI is InChI=1S/C82H123N21O21/c1-13-32-98(69(109)46-99(33-14-2)71(111)48-102(36-38-123-12)73(113)49-103(56(10)105)55(9)58-26-21-18-22-27-58)45-70(110)100(34-15-3)47-72(112)101(35-37-122-11)44-68(108)92-65(50-104)80(120)91-53(7)74(114)93-61(29-30-66(83)106)77(117)95-62(39-52(5)6)78(118)94-60(28-23-31-87-82(84)85)76(116)97-64(41-59-42-86-51-89-59)79(119)96-63(40-57-24-19-17-20-25-57)75(115)88-43-67(107)90-54(8)81(121)124-16-4/h3,14,17-22,24-27,42,51-55,60-65,104H,2,13,16,23,28-41,43-50H2,1,4-12H3,(H2,83,106)(H,86,89)(H,88,115)(H,90,107)(H,91,120)(H,92,108)(H,93,114)(H,94,118)(H,95,117)(H,96,119)(H,97,116)(H4,84,85,87)/t53-,54-,55-,60-,61-,62-,63-,64-,65-/m0/s1. The second-order valence-electron chi connectivity index (χ2n) is 29.4. The lowest BCUT2D eigenvalue weighted by Crippen LogP contribution is -2.60. The van der Waals surface area contributed by atoms with Crippen LogP contribution in [0.25, 0.3) is 0 Å². The number of H-pyrrole nitrogens is 1. The summed E-state index contributed by atoms with van der Waals surface area (Å²) >= 11 is 0. The Morgan fingerprint density at radius 2 is 1.09 bits per heavy atom. The molecule has 0 aliphatic carbocycles. The van der Waals surface area contributed by atoms with Crippen molar-refractivity contribution in [3.05, 3.63) is 103 Å². The van der Waals surface area contributed by atoms with Gasteiger partial charge in [0.25, 0.3) is 0 Å². The number of terminal acetylenes is 1. The zero-order valence-electron chi connectivity index (χ0n) is 72.1. The van der Waals surface area contributed by atoms with Crippen LogP contribution in [-0.2, 0) is 109 Å². The number of benzene rings is 2. The van der Waals surface area contributed by atoms with E-state index in [9.17, 15) is 86.6 Å². The second-order valence-corrected chi connectivity index (χ2v) is 29.4. The first-order valence-electron chi connectivity index (χ1n) is 40.5. The molecule has 0 fully saturated rings. The number of ether oxygens (including phenoxy) is 3. The van der Waals surface area contributed by atoms with Gasteiger partial charge in [0.1, 0.15) is 68.0 Å². The van der Waals surface area contributed by atoms with Crippen LogP contribution in [0.2, 0.25) is 0 Å². The average Bonchev–Trinajstić information content (AvgIpc) is 1.03. The minimum Gasteiger partial charge on any atom is -0.464 e. The van der Waals surface area contributed by atoms with Gasteiger partial charge < -0.3 is 118 Å². The molecule has 682 valence electrons. The van der Waals surface area contributed by atoms with Crippen molar-refractivity contribution in [3.63, 3.8) is 0 Å². The molecular formula is C82H123N21O21. The van der Waals surface area contributed by atoms with Crippen LogP contribution in [0, 0.1) is 23.7 Å². The van der Waals surface area contributed by atoms with Crippen LogP contribution in [0.15, 0.2) is 85.8 Å². The Labute approximate surface area is 721 Å². The molecule has 0 bridgehead atoms. The topological polar surface area (TPSA) is 582 Å². The van der Waals surface area contributed by atoms with Gasteiger partial charge >= 0.3 is 5.97 Å². The molecule has 16 amide bonds. The molecule has 42 heteroatoms. The van der Waals surface area contributed by atoms with E-state index in [2.05, 4.69) is 75.6 Å². The molecule has 3 aromatic rings. The number of imidazole rings is 1. The maximum atomic E-state index is 14.7. The number of hydrogen-bond donors (Lipinski definition) is 15. The van der Waals surface area contributed by atoms with Gasteiger partial charge in [0.2, 0.25) is 94.5 Å². The number of guanidine groups is 1. The van der Waals surface area contributed by atoms with Crippen molar-refractivity contribution in [3.8, 4) is 12.3 Å². The number of esters is 1. The number of nitrogens with two attached hydrogens (primary N) is 2. The SMILES string of the molecule is C#CCN(CC(=O)N(CCOC)CC(=O)N[C@@H](CO)C(=O)N[C@@H](C)C(=O)N[C@@H](CCC(N)=O)C(=O)N[C@@H](CC(C)C)C(=O)N[C@@H](CCCNC(=N)N)C(=O)N[C@@H](Cc1c[nH]cn1)C(=O)N[C@@H](Cc1ccccc1)C(=O)NCC(=O)N[C@@H](C)C(=O)OCC)C(=O)CN(CCC)C(=O)CN(CC=C)C(=O)CN(CCOC)C(=O)CN(C(C)=O)[C@@H](C)c1ccccc1. The molecule has 1 heterocycles. The van der Waals surface area contributed by atoms with Crippen LogP contribution in [-0.4, -0.2) is 325 Å². The third kappa shape index (κ3) is 38.9. The normalized spacial score (nSPS) is 13.0. The maximum absolute atomic E-state index is 14.7. The number of hydrogen-bond acceptors (Lipinski definition) is 23. The number of rotatable bonds is 58. The lowest BCUT2D eigenvalue weighted by molar-refractivity contribution is -0.148. The summed E-state index contributed by atoms with van der Waals surface area (Å²) in [6, 6.07) is 4.95. The first-order chi connectivity index (χ1) is 58.9. The number of nitrogens with zero attached hydrogens (tertiary/aromatic N) is 7. The molecule has 9 atom stereocenters. The number of carbonyl (C=O) groups excluding carboxylic acids is 17. The van der Waals surface area contributed by atoms with Gasteiger partial charge in [-0.3, -0.25) is 82.1 Å². The molecule has 2 aromatic carbocycles. The van der Waals surface area contributed by atoms with Crippen LogP contribution in [0.5, 0.6) is 0 Å². The fraction of sp³-hybridized carbons (Fsp3) is 0.549. The number of nitrogens with one attached hydrogen (secondary N) is 12. The highest BCUT2D eigenvalue weighted by atomic mass is 16.5. The Bertz CT molecular complexity index is 4100. The molecule has 124 heavy (non-hydrogen) atoms. The van der Waals surface area contributed by atoms with Gasteiger partial charge in [-0.05, 0) is 76.8 Å². The average molecular weight is 1740 g/mol. The number of methoxy groups -OCH3 is 2. The first-order valence-corrected chi connectivity index (χ1v) is 40.5. The van der Waals surface area contributed by atoms with Gasteiger partial charge in [-0.1, -0.05) is 93.4 Å². The molecule has 0 saturated carbocycles. The minimum atomic E-state index is -1.81. The fourth-order valence-electron chi connectivity index (χ4n) is 12.3. The van der Waals surface area contributed by atoms with Crippen molar-refractivity contribution >= 4 is 106 Å². The highest BCUT2D eigenvalue weighted by Gasteiger charge is 2.37. The van der Waals surface area contributed by atoms with Crippen molar-refractivity contribution in [2.75, 3.05) is 126 Å². The van der Waals surface area contributed by atoms with E-state index in [0.29, 0.717) is 12.0 Å². The molecule has 17 N–H and O–H groups in total. The predicted octanol–water partition coefficient (Wildman–Crippen LogP) is -4.37. The molecule has 0 radical (unpaired) electrons. The fourth-order valence-corrected chi connectivity index (χ4v) is 12.3. The zero-order chi connectivity index (χ0) is 92.5. The summed E-state index contributed by atoms with van der Waals surface area (Å²) in [5.74, 6) is -12.9. The van der Waals surface area contributed by atoms with Crippen LogP contribution in [0.1, 0.15) is 117 Å². The molecular weight excluding hydrogens is 1620 g/mol. The Morgan fingerprint density at radius 1 is 0.581 bits per heavy atom. The smallest absolute Gasteiger partial charge is 0.328 e. The largest absolute Gasteiger partial charge is 0.464 e. The summed E-state index contributed by atoms with van der Waals surface area (Å²) in [6.07, 6.45) is 8.49. The van der Waals surface area contributed by atoms with Gasteiger partial charge in [0, 0.05) is 79.3 Å². The van der Waals surface area contributed by atoms with Crippen molar-refractivity contribution in [2.45, 2.75) is 161 Å². The molecule has 0 aliphatic heterocycles. The van der Waals surface area contributed by atoms with E-state index in [1.165, 1.54) is 63.4 Å². The van der Waals surface area contributed by atoms with Crippen molar-refractivity contribution in [2.24, 2.45) is 17.4 Å². The van der Waals surface area contributed by atoms with E-state index in [1.807, 2.05) is 18.2 Å². The van der Waals surface area contributed by atoms with Gasteiger partial charge in [0.15, 0.2) is 5.96 Å². The van der Waals surface area contributed by atoms with Gasteiger partial charge in [0.05, 0.1) is 77.2 Å². The third-order valence-electron chi connectivity index (χ3n) is 18.9. The molecule has 1 aromatic heterocycles. The molecule has 0 aliphatic rings. The van der Waals surface area contributed by atoms with E-state index in [0.717, 1.165) is 25.2 Å². The van der Waals surface area contributed by atoms with Gasteiger partial charge in [-0.25, -0.2) is 9.78 Å². The van der Waals surface area contributed by atoms with E-state index in [-0.39, 0.29) is 103 Å². The lowest BCUT2D eigenvalue weighted by Gasteiger charge is -2.32. The van der Waals surface area contributed by atoms with E-state index in [4.69, 9.17) is 37.5 Å². The van der Waals surface area contributed by atoms with Gasteiger partial charge in [-0.2, -0.15) is 0 Å². The predicted molar refractivity (Wildman–Crippen MR) is 451 cm³/mol. The lowest BCUT2D eigenvalue weighted by atomic mass is 10.0. The van der Waals surface area contributed by atoms with Crippen LogP contribution in [0.4, 0.5) is 0 Å². The number of aliphatic hydroxyl groups is 1. The van der Waals surface area contributed by atoms with Crippen molar-refractivity contribution < 1.29 is 101 Å². The summed E-state index contributed by atoms with van der Waals surface area (Å²) in [5, 5.41) is 43.2. The number of aromatic nitrogens is 2. The summed E-state index contributed by atoms with van der Waals surface area (Å²) in [5.41, 5.74) is 12.7. The minimum absolute atomic E-state index is 0.00879. The van der Waals surface area contributed by atoms with E-state index in [1.54, 1.807) is 77.1 Å². The maximum Gasteiger partial charge on any atom is 0.328 e. The summed E-state index contributed by atoms with van der Waals surface area (Å²) < 4.78 is 15.4. The quantitative estimate of drug-likeness (QED) is 0.00634. The van der Waals surface area contributed by atoms with Crippen LogP contribution < -0.4 is 64.6 Å². The first kappa shape index (κ1) is 105. The Kier molecular flexibility index (Phi) is 48.1. The monoisotopic (exact) mass is 1740 g/mol. The van der Waals surface area contributed by atoms with E-state index >= 15 is 0 Å². The highest BCUT2D eigenvalue weighted by Crippen LogP contribution is 2.21. The third-order valence-corrected chi connectivity index (χ3v) is 18.9. The van der Waals surface area contributed by atoms with Crippen LogP contribution >= 0.6 is 0 Å². The van der Waals surface area contributed by atoms with Gasteiger partial charge in [-0.15, -0.1) is 13.0 Å². The highest BCUT2D eigenvalue weighted by molar-refractivity contribution is 5.99. The summed E-state index contributed by atoms with van der Waals surface area (Å²) in [7, 11) is 2.71. The second kappa shape index (κ2) is 56.6.